The highest BCUT2D eigenvalue weighted by Gasteiger charge is 2.24. The number of rotatable bonds is 2. The van der Waals surface area contributed by atoms with E-state index < -0.39 is 10.9 Å². The standard InChI is InChI=1S/C11H12N2O4S/c1-12-13-10-9(18(15,16)17)6-7-4-2-3-5-8(7)11(10)14/h2-6,14-17H,1H3. The Morgan fingerprint density at radius 2 is 1.78 bits per heavy atom. The van der Waals surface area contributed by atoms with E-state index >= 15 is 0 Å². The zero-order valence-corrected chi connectivity index (χ0v) is 10.3. The van der Waals surface area contributed by atoms with E-state index in [0.717, 1.165) is 0 Å². The number of benzene rings is 2. The van der Waals surface area contributed by atoms with Crippen LogP contribution in [0.1, 0.15) is 0 Å². The molecule has 2 rings (SSSR count). The van der Waals surface area contributed by atoms with Gasteiger partial charge in [-0.05, 0) is 11.5 Å². The Morgan fingerprint density at radius 3 is 2.39 bits per heavy atom. The van der Waals surface area contributed by atoms with Gasteiger partial charge in [0.25, 0.3) is 0 Å². The van der Waals surface area contributed by atoms with Gasteiger partial charge in [0.1, 0.15) is 16.6 Å². The van der Waals surface area contributed by atoms with E-state index in [0.29, 0.717) is 10.8 Å². The molecule has 0 spiro atoms. The van der Waals surface area contributed by atoms with Crippen LogP contribution in [0.15, 0.2) is 45.5 Å². The lowest BCUT2D eigenvalue weighted by Crippen LogP contribution is -1.96. The quantitative estimate of drug-likeness (QED) is 0.621. The van der Waals surface area contributed by atoms with E-state index in [1.54, 1.807) is 24.3 Å². The summed E-state index contributed by atoms with van der Waals surface area (Å²) in [5.41, 5.74) is -0.140. The van der Waals surface area contributed by atoms with Gasteiger partial charge in [-0.1, -0.05) is 24.3 Å². The predicted molar refractivity (Wildman–Crippen MR) is 69.8 cm³/mol. The molecule has 18 heavy (non-hydrogen) atoms. The minimum absolute atomic E-state index is 0.140. The molecule has 4 N–H and O–H groups in total. The minimum atomic E-state index is -3.98. The first-order valence-corrected chi connectivity index (χ1v) is 6.50. The second kappa shape index (κ2) is 4.54. The average molecular weight is 268 g/mol. The van der Waals surface area contributed by atoms with Crippen molar-refractivity contribution >= 4 is 27.3 Å². The van der Waals surface area contributed by atoms with E-state index in [4.69, 9.17) is 0 Å². The molecule has 2 aromatic carbocycles. The number of hydrogen-bond acceptors (Lipinski definition) is 6. The Balaban J connectivity index is 2.88. The first-order valence-electron chi connectivity index (χ1n) is 5.00. The van der Waals surface area contributed by atoms with Crippen LogP contribution in [0.2, 0.25) is 0 Å². The molecule has 0 saturated heterocycles. The Kier molecular flexibility index (Phi) is 3.22. The van der Waals surface area contributed by atoms with Crippen LogP contribution in [0.25, 0.3) is 10.8 Å². The highest BCUT2D eigenvalue weighted by Crippen LogP contribution is 2.53. The van der Waals surface area contributed by atoms with Crippen molar-refractivity contribution in [2.45, 2.75) is 4.90 Å². The second-order valence-electron chi connectivity index (χ2n) is 3.61. The smallest absolute Gasteiger partial charge is 0.152 e. The number of hydrogen-bond donors (Lipinski definition) is 4. The molecular formula is C11H12N2O4S. The van der Waals surface area contributed by atoms with Gasteiger partial charge < -0.3 is 18.8 Å². The number of fused-ring (bicyclic) bond motifs is 1. The molecule has 6 nitrogen and oxygen atoms in total. The van der Waals surface area contributed by atoms with Gasteiger partial charge in [0, 0.05) is 12.4 Å². The van der Waals surface area contributed by atoms with Gasteiger partial charge >= 0.3 is 0 Å². The van der Waals surface area contributed by atoms with Gasteiger partial charge in [-0.15, -0.1) is 0 Å². The molecule has 0 saturated carbocycles. The summed E-state index contributed by atoms with van der Waals surface area (Å²) in [6, 6.07) is 8.17. The van der Waals surface area contributed by atoms with Crippen molar-refractivity contribution in [1.82, 2.24) is 0 Å². The second-order valence-corrected chi connectivity index (χ2v) is 5.09. The van der Waals surface area contributed by atoms with Crippen molar-refractivity contribution in [3.8, 4) is 5.75 Å². The third kappa shape index (κ3) is 2.16. The topological polar surface area (TPSA) is 106 Å². The SMILES string of the molecule is CN=Nc1c(S(O)(O)O)cc2ccccc2c1O. The molecule has 0 bridgehead atoms. The summed E-state index contributed by atoms with van der Waals surface area (Å²) < 4.78 is 28.1. The molecule has 0 aliphatic heterocycles. The van der Waals surface area contributed by atoms with Crippen molar-refractivity contribution in [1.29, 1.82) is 0 Å². The Bertz CT molecular complexity index is 622. The predicted octanol–water partition coefficient (Wildman–Crippen LogP) is 3.84. The molecule has 0 aromatic heterocycles. The minimum Gasteiger partial charge on any atom is -0.505 e. The van der Waals surface area contributed by atoms with Crippen LogP contribution < -0.4 is 0 Å². The molecule has 0 unspecified atom stereocenters. The average Bonchev–Trinajstić information content (AvgIpc) is 2.31. The summed E-state index contributed by atoms with van der Waals surface area (Å²) in [5, 5.41) is 18.2. The number of aromatic hydroxyl groups is 1. The Hall–Kier alpha value is -1.67. The number of nitrogens with zero attached hydrogens (tertiary/aromatic N) is 2. The first kappa shape index (κ1) is 12.8. The maximum Gasteiger partial charge on any atom is 0.152 e. The van der Waals surface area contributed by atoms with Gasteiger partial charge in [-0.2, -0.15) is 10.2 Å². The zero-order chi connectivity index (χ0) is 13.3. The van der Waals surface area contributed by atoms with Gasteiger partial charge in [-0.25, -0.2) is 0 Å². The summed E-state index contributed by atoms with van der Waals surface area (Å²) >= 11 is 0. The molecule has 0 radical (unpaired) electrons. The van der Waals surface area contributed by atoms with Gasteiger partial charge in [0.15, 0.2) is 5.75 Å². The van der Waals surface area contributed by atoms with E-state index in [2.05, 4.69) is 10.2 Å². The molecule has 0 fully saturated rings. The van der Waals surface area contributed by atoms with E-state index in [1.165, 1.54) is 13.1 Å². The lowest BCUT2D eigenvalue weighted by Gasteiger charge is -2.21. The molecule has 7 heteroatoms. The van der Waals surface area contributed by atoms with E-state index in [1.807, 2.05) is 0 Å². The summed E-state index contributed by atoms with van der Waals surface area (Å²) in [4.78, 5) is -0.246. The Labute approximate surface area is 105 Å². The van der Waals surface area contributed by atoms with Crippen LogP contribution in [0.5, 0.6) is 5.75 Å². The summed E-state index contributed by atoms with van der Waals surface area (Å²) in [6.45, 7) is 0. The zero-order valence-electron chi connectivity index (χ0n) is 9.48. The Morgan fingerprint density at radius 1 is 1.11 bits per heavy atom. The first-order chi connectivity index (χ1) is 8.45. The highest BCUT2D eigenvalue weighted by molar-refractivity contribution is 8.19. The van der Waals surface area contributed by atoms with Crippen molar-refractivity contribution in [2.75, 3.05) is 7.05 Å². The van der Waals surface area contributed by atoms with Crippen molar-refractivity contribution in [3.05, 3.63) is 30.3 Å². The fraction of sp³-hybridized carbons (Fsp3) is 0.0909. The largest absolute Gasteiger partial charge is 0.505 e. The normalized spacial score (nSPS) is 13.3. The fourth-order valence-electron chi connectivity index (χ4n) is 1.70. The summed E-state index contributed by atoms with van der Waals surface area (Å²) in [7, 11) is -2.61. The number of azo groups is 1. The highest BCUT2D eigenvalue weighted by atomic mass is 32.3. The fourth-order valence-corrected chi connectivity index (χ4v) is 2.38. The maximum absolute atomic E-state index is 10.1. The maximum atomic E-state index is 10.1. The van der Waals surface area contributed by atoms with E-state index in [9.17, 15) is 18.8 Å². The molecule has 0 heterocycles. The molecule has 0 aliphatic rings. The van der Waals surface area contributed by atoms with Crippen molar-refractivity contribution in [2.24, 2.45) is 10.2 Å². The van der Waals surface area contributed by atoms with Crippen LogP contribution in [-0.4, -0.2) is 25.8 Å². The molecule has 0 atom stereocenters. The van der Waals surface area contributed by atoms with Crippen LogP contribution in [0.3, 0.4) is 0 Å². The van der Waals surface area contributed by atoms with Crippen molar-refractivity contribution < 1.29 is 18.8 Å². The van der Waals surface area contributed by atoms with Gasteiger partial charge in [0.2, 0.25) is 0 Å². The molecule has 2 aromatic rings. The third-order valence-electron chi connectivity index (χ3n) is 2.46. The lowest BCUT2D eigenvalue weighted by molar-refractivity contribution is 0.375. The molecule has 0 aliphatic carbocycles. The van der Waals surface area contributed by atoms with Gasteiger partial charge in [0.05, 0.1) is 4.90 Å². The van der Waals surface area contributed by atoms with Gasteiger partial charge in [-0.3, -0.25) is 0 Å². The number of phenolic OH excluding ortho intramolecular Hbond substituents is 1. The third-order valence-corrected chi connectivity index (χ3v) is 3.36. The lowest BCUT2D eigenvalue weighted by atomic mass is 10.1. The number of phenols is 1. The van der Waals surface area contributed by atoms with Crippen molar-refractivity contribution in [3.63, 3.8) is 0 Å². The summed E-state index contributed by atoms with van der Waals surface area (Å²) in [6.07, 6.45) is 0. The van der Waals surface area contributed by atoms with Crippen LogP contribution in [0.4, 0.5) is 5.69 Å². The molecule has 96 valence electrons. The van der Waals surface area contributed by atoms with E-state index in [-0.39, 0.29) is 16.3 Å². The van der Waals surface area contributed by atoms with Crippen LogP contribution >= 0.6 is 10.9 Å². The molecular weight excluding hydrogens is 256 g/mol. The monoisotopic (exact) mass is 268 g/mol. The summed E-state index contributed by atoms with van der Waals surface area (Å²) in [5.74, 6) is -0.247. The van der Waals surface area contributed by atoms with Crippen LogP contribution in [0, 0.1) is 0 Å². The molecule has 0 amide bonds. The van der Waals surface area contributed by atoms with Crippen LogP contribution in [-0.2, 0) is 0 Å².